The van der Waals surface area contributed by atoms with Crippen LogP contribution in [0.4, 0.5) is 0 Å². The van der Waals surface area contributed by atoms with Gasteiger partial charge in [0.1, 0.15) is 11.6 Å². The van der Waals surface area contributed by atoms with Crippen molar-refractivity contribution in [2.24, 2.45) is 0 Å². The van der Waals surface area contributed by atoms with Crippen molar-refractivity contribution >= 4 is 10.8 Å². The van der Waals surface area contributed by atoms with E-state index >= 15 is 0 Å². The number of rotatable bonds is 4. The first-order chi connectivity index (χ1) is 17.7. The Morgan fingerprint density at radius 1 is 0.868 bits per heavy atom. The minimum Gasteiger partial charge on any atom is -0.507 e. The third-order valence-corrected chi connectivity index (χ3v) is 6.55. The molecule has 5 aromatic rings. The van der Waals surface area contributed by atoms with Gasteiger partial charge in [0.2, 0.25) is 0 Å². The molecule has 0 saturated carbocycles. The Kier molecular flexibility index (Phi) is 9.65. The number of para-hydroxylation sites is 1. The molecule has 1 radical (unpaired) electrons. The van der Waals surface area contributed by atoms with E-state index < -0.39 is 0 Å². The topological polar surface area (TPSA) is 50.9 Å². The first-order valence-corrected chi connectivity index (χ1v) is 12.9. The smallest absolute Gasteiger partial charge is 0.143 e. The fraction of sp³-hybridized carbons (Fsp3) is 0.273. The zero-order valence-corrected chi connectivity index (χ0v) is 25.6. The standard InChI is InChI=1S/C21H22N.C12H14N2O.Ir/c1-13(2)19-12-17-6-7-22-21(20(17)11-16(19)5)18-9-14(3)8-15(4)10-18;1-9(2)14-8-7-13-12(14)10-5-3-4-6-11(10)15;/h6-9,11-13H,1-5H3;3-9,15H,1-2H3;/q-1;;. The summed E-state index contributed by atoms with van der Waals surface area (Å²) in [7, 11) is 0. The van der Waals surface area contributed by atoms with Crippen LogP contribution in [-0.2, 0) is 20.1 Å². The molecule has 0 amide bonds. The fourth-order valence-corrected chi connectivity index (χ4v) is 4.81. The molecular formula is C33H36IrN3O-. The van der Waals surface area contributed by atoms with Crippen LogP contribution in [-0.4, -0.2) is 19.6 Å². The third kappa shape index (κ3) is 6.40. The summed E-state index contributed by atoms with van der Waals surface area (Å²) in [4.78, 5) is 8.92. The van der Waals surface area contributed by atoms with Crippen molar-refractivity contribution in [3.63, 3.8) is 0 Å². The van der Waals surface area contributed by atoms with Gasteiger partial charge in [-0.15, -0.1) is 34.9 Å². The average molecular weight is 683 g/mol. The van der Waals surface area contributed by atoms with E-state index in [9.17, 15) is 5.11 Å². The number of aromatic nitrogens is 3. The van der Waals surface area contributed by atoms with Crippen LogP contribution in [0.2, 0.25) is 0 Å². The number of nitrogens with zero attached hydrogens (tertiary/aromatic N) is 3. The van der Waals surface area contributed by atoms with Crippen molar-refractivity contribution in [2.75, 3.05) is 0 Å². The number of phenolic OH excluding ortho intramolecular Hbond substituents is 1. The molecule has 3 aromatic carbocycles. The largest absolute Gasteiger partial charge is 0.507 e. The molecule has 0 aliphatic heterocycles. The molecule has 0 saturated heterocycles. The molecule has 4 nitrogen and oxygen atoms in total. The van der Waals surface area contributed by atoms with Crippen LogP contribution in [0, 0.1) is 26.8 Å². The molecule has 0 spiro atoms. The molecule has 38 heavy (non-hydrogen) atoms. The summed E-state index contributed by atoms with van der Waals surface area (Å²) >= 11 is 0. The molecule has 0 aliphatic rings. The second-order valence-electron chi connectivity index (χ2n) is 10.3. The second kappa shape index (κ2) is 12.5. The molecule has 0 atom stereocenters. The zero-order valence-electron chi connectivity index (χ0n) is 23.2. The van der Waals surface area contributed by atoms with Crippen LogP contribution in [0.25, 0.3) is 33.4 Å². The quantitative estimate of drug-likeness (QED) is 0.193. The van der Waals surface area contributed by atoms with Gasteiger partial charge in [-0.3, -0.25) is 0 Å². The van der Waals surface area contributed by atoms with E-state index in [1.807, 2.05) is 35.2 Å². The summed E-state index contributed by atoms with van der Waals surface area (Å²) in [6.07, 6.45) is 5.58. The van der Waals surface area contributed by atoms with Gasteiger partial charge in [0, 0.05) is 44.7 Å². The number of aromatic hydroxyl groups is 1. The summed E-state index contributed by atoms with van der Waals surface area (Å²) in [6, 6.07) is 22.0. The van der Waals surface area contributed by atoms with Crippen LogP contribution >= 0.6 is 0 Å². The van der Waals surface area contributed by atoms with Gasteiger partial charge in [0.05, 0.1) is 5.56 Å². The molecule has 0 fully saturated rings. The number of hydrogen-bond acceptors (Lipinski definition) is 3. The fourth-order valence-electron chi connectivity index (χ4n) is 4.81. The van der Waals surface area contributed by atoms with E-state index in [4.69, 9.17) is 0 Å². The van der Waals surface area contributed by atoms with Gasteiger partial charge in [-0.25, -0.2) is 4.98 Å². The van der Waals surface area contributed by atoms with Crippen LogP contribution in [0.3, 0.4) is 0 Å². The SMILES string of the molecule is CC(C)n1ccnc1-c1ccccc1O.Cc1[c-]c(-c2nccc3cc(C(C)C)c(C)cc23)cc(C)c1.[Ir]. The van der Waals surface area contributed by atoms with Crippen molar-refractivity contribution in [3.8, 4) is 28.4 Å². The second-order valence-corrected chi connectivity index (χ2v) is 10.3. The van der Waals surface area contributed by atoms with Crippen molar-refractivity contribution in [3.05, 3.63) is 102 Å². The number of phenols is 1. The Labute approximate surface area is 240 Å². The number of hydrogen-bond donors (Lipinski definition) is 1. The van der Waals surface area contributed by atoms with Crippen LogP contribution in [0.15, 0.2) is 73.2 Å². The van der Waals surface area contributed by atoms with E-state index in [0.717, 1.165) is 28.2 Å². The van der Waals surface area contributed by atoms with Crippen LogP contribution in [0.1, 0.15) is 61.9 Å². The molecule has 0 aliphatic carbocycles. The van der Waals surface area contributed by atoms with Crippen molar-refractivity contribution in [1.82, 2.24) is 14.5 Å². The summed E-state index contributed by atoms with van der Waals surface area (Å²) in [5, 5.41) is 12.2. The Hall–Kier alpha value is -3.27. The minimum atomic E-state index is 0. The average Bonchev–Trinajstić information content (AvgIpc) is 3.33. The zero-order chi connectivity index (χ0) is 26.7. The number of fused-ring (bicyclic) bond motifs is 1. The molecule has 199 valence electrons. The van der Waals surface area contributed by atoms with Crippen molar-refractivity contribution in [1.29, 1.82) is 0 Å². The maximum absolute atomic E-state index is 9.74. The number of benzene rings is 3. The maximum atomic E-state index is 9.74. The van der Waals surface area contributed by atoms with E-state index in [0.29, 0.717) is 12.0 Å². The van der Waals surface area contributed by atoms with Gasteiger partial charge < -0.3 is 14.7 Å². The third-order valence-electron chi connectivity index (χ3n) is 6.55. The molecule has 0 bridgehead atoms. The number of aryl methyl sites for hydroxylation is 3. The van der Waals surface area contributed by atoms with E-state index in [-0.39, 0.29) is 25.9 Å². The Bertz CT molecular complexity index is 1510. The predicted octanol–water partition coefficient (Wildman–Crippen LogP) is 8.58. The monoisotopic (exact) mass is 683 g/mol. The Morgan fingerprint density at radius 2 is 1.61 bits per heavy atom. The molecule has 5 rings (SSSR count). The van der Waals surface area contributed by atoms with Crippen molar-refractivity contribution in [2.45, 2.75) is 60.4 Å². The molecular weight excluding hydrogens is 647 g/mol. The number of imidazole rings is 1. The van der Waals surface area contributed by atoms with E-state index in [1.165, 1.54) is 27.5 Å². The van der Waals surface area contributed by atoms with Crippen LogP contribution in [0.5, 0.6) is 5.75 Å². The molecule has 0 unspecified atom stereocenters. The molecule has 2 heterocycles. The van der Waals surface area contributed by atoms with E-state index in [2.05, 4.69) is 94.8 Å². The molecule has 2 aromatic heterocycles. The van der Waals surface area contributed by atoms with Gasteiger partial charge >= 0.3 is 0 Å². The Balaban J connectivity index is 0.000000220. The predicted molar refractivity (Wildman–Crippen MR) is 154 cm³/mol. The summed E-state index contributed by atoms with van der Waals surface area (Å²) < 4.78 is 2.04. The maximum Gasteiger partial charge on any atom is 0.143 e. The first kappa shape index (κ1) is 29.3. The first-order valence-electron chi connectivity index (χ1n) is 12.9. The van der Waals surface area contributed by atoms with E-state index in [1.54, 1.807) is 12.3 Å². The molecule has 1 N–H and O–H groups in total. The van der Waals surface area contributed by atoms with Gasteiger partial charge in [-0.2, -0.15) is 0 Å². The summed E-state index contributed by atoms with van der Waals surface area (Å²) in [5.41, 5.74) is 8.04. The summed E-state index contributed by atoms with van der Waals surface area (Å²) in [6.45, 7) is 15.1. The minimum absolute atomic E-state index is 0. The number of pyridine rings is 1. The molecule has 5 heteroatoms. The van der Waals surface area contributed by atoms with Gasteiger partial charge in [-0.1, -0.05) is 52.0 Å². The van der Waals surface area contributed by atoms with Crippen molar-refractivity contribution < 1.29 is 25.2 Å². The van der Waals surface area contributed by atoms with Crippen LogP contribution < -0.4 is 0 Å². The van der Waals surface area contributed by atoms with Gasteiger partial charge in [-0.05, 0) is 72.5 Å². The normalized spacial score (nSPS) is 10.9. The van der Waals surface area contributed by atoms with Gasteiger partial charge in [0.15, 0.2) is 0 Å². The van der Waals surface area contributed by atoms with Gasteiger partial charge in [0.25, 0.3) is 0 Å². The summed E-state index contributed by atoms with van der Waals surface area (Å²) in [5.74, 6) is 1.61. The Morgan fingerprint density at radius 3 is 2.26 bits per heavy atom.